The molecule has 2 N–H and O–H groups in total. The van der Waals surface area contributed by atoms with Gasteiger partial charge in [0.15, 0.2) is 6.04 Å². The van der Waals surface area contributed by atoms with Crippen LogP contribution in [0.15, 0.2) is 54.6 Å². The molecule has 138 valence electrons. The highest BCUT2D eigenvalue weighted by molar-refractivity contribution is 5.80. The number of carbonyl (C=O) groups excluding carboxylic acids is 1. The average Bonchev–Trinajstić information content (AvgIpc) is 2.72. The molecule has 1 fully saturated rings. The number of nitrogens with one attached hydrogen (secondary N) is 2. The van der Waals surface area contributed by atoms with E-state index in [0.29, 0.717) is 6.54 Å². The number of anilines is 1. The Kier molecular flexibility index (Phi) is 6.12. The molecule has 5 nitrogen and oxygen atoms in total. The summed E-state index contributed by atoms with van der Waals surface area (Å²) in [7, 11) is 1.65. The fourth-order valence-electron chi connectivity index (χ4n) is 3.49. The highest BCUT2D eigenvalue weighted by Gasteiger charge is 2.29. The first-order valence-electron chi connectivity index (χ1n) is 9.23. The lowest BCUT2D eigenvalue weighted by Crippen LogP contribution is -3.19. The van der Waals surface area contributed by atoms with Crippen molar-refractivity contribution in [1.29, 1.82) is 0 Å². The van der Waals surface area contributed by atoms with Crippen LogP contribution in [-0.4, -0.2) is 45.2 Å². The monoisotopic (exact) mass is 354 g/mol. The molecular weight excluding hydrogens is 326 g/mol. The van der Waals surface area contributed by atoms with E-state index in [1.165, 1.54) is 10.6 Å². The molecule has 0 bridgehead atoms. The van der Waals surface area contributed by atoms with E-state index in [0.717, 1.165) is 37.5 Å². The fraction of sp³-hybridized carbons (Fsp3) is 0.381. The van der Waals surface area contributed by atoms with Crippen LogP contribution in [0.2, 0.25) is 0 Å². The van der Waals surface area contributed by atoms with Gasteiger partial charge >= 0.3 is 0 Å². The maximum absolute atomic E-state index is 12.6. The number of hydrogen-bond donors (Lipinski definition) is 2. The van der Waals surface area contributed by atoms with Crippen LogP contribution in [0.4, 0.5) is 5.69 Å². The molecule has 26 heavy (non-hydrogen) atoms. The summed E-state index contributed by atoms with van der Waals surface area (Å²) in [6.07, 6.45) is 0. The average molecular weight is 354 g/mol. The third-order valence-electron chi connectivity index (χ3n) is 5.18. The first kappa shape index (κ1) is 18.3. The number of rotatable bonds is 6. The largest absolute Gasteiger partial charge is 0.496 e. The van der Waals surface area contributed by atoms with Crippen molar-refractivity contribution < 1.29 is 14.4 Å². The summed E-state index contributed by atoms with van der Waals surface area (Å²) >= 11 is 0. The Bertz CT molecular complexity index is 712. The van der Waals surface area contributed by atoms with Crippen molar-refractivity contribution in [3.05, 3.63) is 60.2 Å². The van der Waals surface area contributed by atoms with Gasteiger partial charge in [0.1, 0.15) is 5.75 Å². The molecular formula is C21H28N3O2+. The molecule has 3 rings (SSSR count). The van der Waals surface area contributed by atoms with Crippen LogP contribution < -0.4 is 19.9 Å². The molecule has 5 heteroatoms. The number of benzene rings is 2. The number of methoxy groups -OCH3 is 1. The Morgan fingerprint density at radius 1 is 1.12 bits per heavy atom. The summed E-state index contributed by atoms with van der Waals surface area (Å²) in [5.41, 5.74) is 2.26. The Morgan fingerprint density at radius 3 is 2.46 bits per heavy atom. The number of carbonyl (C=O) groups is 1. The highest BCUT2D eigenvalue weighted by Crippen LogP contribution is 2.16. The maximum atomic E-state index is 12.6. The number of amides is 1. The molecule has 1 amide bonds. The van der Waals surface area contributed by atoms with Gasteiger partial charge in [-0.15, -0.1) is 0 Å². The maximum Gasteiger partial charge on any atom is 0.278 e. The zero-order valence-corrected chi connectivity index (χ0v) is 15.6. The van der Waals surface area contributed by atoms with E-state index in [1.54, 1.807) is 7.11 Å². The van der Waals surface area contributed by atoms with Gasteiger partial charge in [-0.1, -0.05) is 36.4 Å². The topological polar surface area (TPSA) is 46.0 Å². The van der Waals surface area contributed by atoms with Gasteiger partial charge in [-0.3, -0.25) is 4.79 Å². The zero-order chi connectivity index (χ0) is 18.4. The molecule has 1 aliphatic heterocycles. The van der Waals surface area contributed by atoms with Gasteiger partial charge in [-0.25, -0.2) is 0 Å². The lowest BCUT2D eigenvalue weighted by Gasteiger charge is -2.36. The van der Waals surface area contributed by atoms with Gasteiger partial charge in [-0.05, 0) is 25.1 Å². The van der Waals surface area contributed by atoms with E-state index < -0.39 is 0 Å². The molecule has 0 aliphatic carbocycles. The van der Waals surface area contributed by atoms with E-state index in [9.17, 15) is 4.79 Å². The smallest absolute Gasteiger partial charge is 0.278 e. The number of piperazine rings is 1. The molecule has 0 aromatic heterocycles. The van der Waals surface area contributed by atoms with Crippen molar-refractivity contribution in [1.82, 2.24) is 5.32 Å². The van der Waals surface area contributed by atoms with Crippen molar-refractivity contribution >= 4 is 11.6 Å². The molecule has 1 heterocycles. The standard InChI is InChI=1S/C21H27N3O2/c1-17(21(25)22-16-18-8-6-7-11-20(18)26-2)23-12-14-24(15-13-23)19-9-4-3-5-10-19/h3-11,17H,12-16H2,1-2H3,(H,22,25)/p+1/t17-/m0/s1. The second-order valence-electron chi connectivity index (χ2n) is 6.73. The SMILES string of the molecule is COc1ccccc1CNC(=O)[C@H](C)[NH+]1CCN(c2ccccc2)CC1. The predicted molar refractivity (Wildman–Crippen MR) is 104 cm³/mol. The summed E-state index contributed by atoms with van der Waals surface area (Å²) in [4.78, 5) is 16.3. The normalized spacial score (nSPS) is 16.2. The van der Waals surface area contributed by atoms with Gasteiger partial charge in [-0.2, -0.15) is 0 Å². The van der Waals surface area contributed by atoms with E-state index in [2.05, 4.69) is 34.5 Å². The van der Waals surface area contributed by atoms with Crippen molar-refractivity contribution in [2.75, 3.05) is 38.2 Å². The number of ether oxygens (including phenoxy) is 1. The molecule has 2 aromatic carbocycles. The first-order valence-corrected chi connectivity index (χ1v) is 9.23. The van der Waals surface area contributed by atoms with Crippen LogP contribution in [-0.2, 0) is 11.3 Å². The van der Waals surface area contributed by atoms with Crippen molar-refractivity contribution in [3.8, 4) is 5.75 Å². The van der Waals surface area contributed by atoms with E-state index in [4.69, 9.17) is 4.74 Å². The van der Waals surface area contributed by atoms with Gasteiger partial charge in [0.25, 0.3) is 5.91 Å². The molecule has 1 atom stereocenters. The van der Waals surface area contributed by atoms with Crippen molar-refractivity contribution in [3.63, 3.8) is 0 Å². The second-order valence-corrected chi connectivity index (χ2v) is 6.73. The van der Waals surface area contributed by atoms with Crippen molar-refractivity contribution in [2.45, 2.75) is 19.5 Å². The quantitative estimate of drug-likeness (QED) is 0.817. The van der Waals surface area contributed by atoms with Gasteiger partial charge < -0.3 is 19.9 Å². The number of nitrogens with zero attached hydrogens (tertiary/aromatic N) is 1. The van der Waals surface area contributed by atoms with Crippen LogP contribution in [0, 0.1) is 0 Å². The van der Waals surface area contributed by atoms with Gasteiger partial charge in [0.05, 0.1) is 33.3 Å². The zero-order valence-electron chi connectivity index (χ0n) is 15.6. The Labute approximate surface area is 155 Å². The molecule has 0 unspecified atom stereocenters. The minimum Gasteiger partial charge on any atom is -0.496 e. The van der Waals surface area contributed by atoms with Gasteiger partial charge in [0.2, 0.25) is 0 Å². The minimum absolute atomic E-state index is 0.0531. The summed E-state index contributed by atoms with van der Waals surface area (Å²) < 4.78 is 5.35. The van der Waals surface area contributed by atoms with Crippen LogP contribution in [0.3, 0.4) is 0 Å². The fourth-order valence-corrected chi connectivity index (χ4v) is 3.49. The summed E-state index contributed by atoms with van der Waals surface area (Å²) in [5.74, 6) is 0.906. The summed E-state index contributed by atoms with van der Waals surface area (Å²) in [6, 6.07) is 18.2. The van der Waals surface area contributed by atoms with Crippen LogP contribution >= 0.6 is 0 Å². The molecule has 0 saturated carbocycles. The van der Waals surface area contributed by atoms with Gasteiger partial charge in [0, 0.05) is 17.8 Å². The molecule has 2 aromatic rings. The first-order chi connectivity index (χ1) is 12.7. The molecule has 0 spiro atoms. The van der Waals surface area contributed by atoms with E-state index in [1.807, 2.05) is 37.3 Å². The lowest BCUT2D eigenvalue weighted by molar-refractivity contribution is -0.914. The highest BCUT2D eigenvalue weighted by atomic mass is 16.5. The van der Waals surface area contributed by atoms with Crippen LogP contribution in [0.25, 0.3) is 0 Å². The molecule has 1 aliphatic rings. The third-order valence-corrected chi connectivity index (χ3v) is 5.18. The van der Waals surface area contributed by atoms with E-state index >= 15 is 0 Å². The van der Waals surface area contributed by atoms with Crippen LogP contribution in [0.5, 0.6) is 5.75 Å². The summed E-state index contributed by atoms with van der Waals surface area (Å²) in [6.45, 7) is 6.41. The van der Waals surface area contributed by atoms with Crippen molar-refractivity contribution in [2.24, 2.45) is 0 Å². The Hall–Kier alpha value is -2.53. The minimum atomic E-state index is -0.0531. The lowest BCUT2D eigenvalue weighted by atomic mass is 10.1. The third kappa shape index (κ3) is 4.35. The summed E-state index contributed by atoms with van der Waals surface area (Å²) in [5, 5.41) is 3.06. The Morgan fingerprint density at radius 2 is 1.77 bits per heavy atom. The van der Waals surface area contributed by atoms with E-state index in [-0.39, 0.29) is 11.9 Å². The predicted octanol–water partition coefficient (Wildman–Crippen LogP) is 1.11. The van der Waals surface area contributed by atoms with Crippen LogP contribution in [0.1, 0.15) is 12.5 Å². The molecule has 0 radical (unpaired) electrons. The Balaban J connectivity index is 1.50. The number of hydrogen-bond acceptors (Lipinski definition) is 3. The second kappa shape index (κ2) is 8.72. The number of para-hydroxylation sites is 2. The molecule has 1 saturated heterocycles. The number of quaternary nitrogens is 1.